The van der Waals surface area contributed by atoms with Gasteiger partial charge in [-0.25, -0.2) is 14.8 Å². The number of aromatic nitrogens is 2. The molecule has 3 rings (SSSR count). The van der Waals surface area contributed by atoms with Crippen molar-refractivity contribution in [2.45, 2.75) is 13.0 Å². The highest BCUT2D eigenvalue weighted by Crippen LogP contribution is 2.38. The second-order valence-corrected chi connectivity index (χ2v) is 6.08. The third-order valence-electron chi connectivity index (χ3n) is 4.05. The molecule has 0 aliphatic carbocycles. The van der Waals surface area contributed by atoms with E-state index in [0.29, 0.717) is 17.6 Å². The summed E-state index contributed by atoms with van der Waals surface area (Å²) in [6, 6.07) is 10.1. The van der Waals surface area contributed by atoms with Crippen molar-refractivity contribution in [2.24, 2.45) is 5.92 Å². The number of hydrogen-bond acceptors (Lipinski definition) is 4. The minimum atomic E-state index is -0.113. The van der Waals surface area contributed by atoms with E-state index >= 15 is 0 Å². The number of urea groups is 1. The van der Waals surface area contributed by atoms with Crippen LogP contribution in [-0.2, 0) is 0 Å². The Morgan fingerprint density at radius 1 is 1.22 bits per heavy atom. The maximum Gasteiger partial charge on any atom is 0.322 e. The molecule has 1 fully saturated rings. The van der Waals surface area contributed by atoms with E-state index in [1.165, 1.54) is 5.56 Å². The van der Waals surface area contributed by atoms with Gasteiger partial charge in [0.2, 0.25) is 5.95 Å². The Bertz CT molecular complexity index is 671. The van der Waals surface area contributed by atoms with Gasteiger partial charge in [-0.3, -0.25) is 0 Å². The summed E-state index contributed by atoms with van der Waals surface area (Å²) in [7, 11) is 3.75. The molecule has 0 saturated carbocycles. The lowest BCUT2D eigenvalue weighted by Gasteiger charge is -2.46. The third kappa shape index (κ3) is 3.11. The molecular formula is C17H21N5O. The summed E-state index contributed by atoms with van der Waals surface area (Å²) >= 11 is 0. The highest BCUT2D eigenvalue weighted by Gasteiger charge is 2.39. The molecule has 1 aromatic heterocycles. The fourth-order valence-electron chi connectivity index (χ4n) is 2.87. The van der Waals surface area contributed by atoms with E-state index < -0.39 is 0 Å². The van der Waals surface area contributed by atoms with Crippen LogP contribution in [0.4, 0.5) is 16.4 Å². The summed E-state index contributed by atoms with van der Waals surface area (Å²) in [6.07, 6.45) is 3.25. The Balaban J connectivity index is 1.68. The fourth-order valence-corrected chi connectivity index (χ4v) is 2.87. The highest BCUT2D eigenvalue weighted by molar-refractivity contribution is 5.90. The molecule has 1 saturated heterocycles. The fraction of sp³-hybridized carbons (Fsp3) is 0.353. The number of hydrogen-bond donors (Lipinski definition) is 1. The molecule has 120 valence electrons. The lowest BCUT2D eigenvalue weighted by atomic mass is 9.85. The molecule has 1 N–H and O–H groups in total. The first-order valence-electron chi connectivity index (χ1n) is 7.68. The van der Waals surface area contributed by atoms with Crippen LogP contribution in [0.5, 0.6) is 0 Å². The summed E-state index contributed by atoms with van der Waals surface area (Å²) in [5.74, 6) is 1.07. The van der Waals surface area contributed by atoms with Gasteiger partial charge in [-0.05, 0) is 11.5 Å². The monoisotopic (exact) mass is 311 g/mol. The second kappa shape index (κ2) is 6.24. The molecular weight excluding hydrogens is 290 g/mol. The van der Waals surface area contributed by atoms with E-state index in [4.69, 9.17) is 0 Å². The molecule has 1 aliphatic heterocycles. The summed E-state index contributed by atoms with van der Waals surface area (Å²) in [5.41, 5.74) is 1.77. The van der Waals surface area contributed by atoms with Crippen LogP contribution < -0.4 is 10.2 Å². The SMILES string of the molecule is CC1CN(C(=O)Nc2cnc(N(C)C)nc2)C1c1ccccc1. The molecule has 1 aromatic carbocycles. The van der Waals surface area contributed by atoms with Crippen LogP contribution in [-0.4, -0.2) is 41.5 Å². The van der Waals surface area contributed by atoms with Crippen molar-refractivity contribution in [3.63, 3.8) is 0 Å². The lowest BCUT2D eigenvalue weighted by Crippen LogP contribution is -2.53. The van der Waals surface area contributed by atoms with Crippen LogP contribution in [0.1, 0.15) is 18.5 Å². The number of nitrogens with one attached hydrogen (secondary N) is 1. The number of likely N-dealkylation sites (tertiary alicyclic amines) is 1. The zero-order chi connectivity index (χ0) is 16.4. The van der Waals surface area contributed by atoms with Crippen LogP contribution >= 0.6 is 0 Å². The smallest absolute Gasteiger partial charge is 0.322 e. The Morgan fingerprint density at radius 3 is 2.43 bits per heavy atom. The number of rotatable bonds is 3. The van der Waals surface area contributed by atoms with Gasteiger partial charge in [-0.2, -0.15) is 0 Å². The van der Waals surface area contributed by atoms with Gasteiger partial charge < -0.3 is 15.1 Å². The summed E-state index contributed by atoms with van der Waals surface area (Å²) in [6.45, 7) is 2.92. The number of nitrogens with zero attached hydrogens (tertiary/aromatic N) is 4. The van der Waals surface area contributed by atoms with Gasteiger partial charge >= 0.3 is 6.03 Å². The second-order valence-electron chi connectivity index (χ2n) is 6.08. The molecule has 2 heterocycles. The van der Waals surface area contributed by atoms with Crippen molar-refractivity contribution in [3.8, 4) is 0 Å². The van der Waals surface area contributed by atoms with Gasteiger partial charge in [0.1, 0.15) is 0 Å². The van der Waals surface area contributed by atoms with Crippen molar-refractivity contribution in [1.29, 1.82) is 0 Å². The molecule has 0 bridgehead atoms. The lowest BCUT2D eigenvalue weighted by molar-refractivity contribution is 0.0671. The quantitative estimate of drug-likeness (QED) is 0.947. The molecule has 23 heavy (non-hydrogen) atoms. The van der Waals surface area contributed by atoms with Crippen molar-refractivity contribution in [1.82, 2.24) is 14.9 Å². The molecule has 2 unspecified atom stereocenters. The molecule has 6 heteroatoms. The number of amides is 2. The van der Waals surface area contributed by atoms with Crippen LogP contribution in [0.25, 0.3) is 0 Å². The zero-order valence-electron chi connectivity index (χ0n) is 13.6. The first kappa shape index (κ1) is 15.3. The standard InChI is InChI=1S/C17H21N5O/c1-12-11-22(15(12)13-7-5-4-6-8-13)17(23)20-14-9-18-16(19-10-14)21(2)3/h4-10,12,15H,11H2,1-3H3,(H,20,23). The summed E-state index contributed by atoms with van der Waals surface area (Å²) in [4.78, 5) is 24.6. The Morgan fingerprint density at radius 2 is 1.87 bits per heavy atom. The van der Waals surface area contributed by atoms with Crippen molar-refractivity contribution in [3.05, 3.63) is 48.3 Å². The largest absolute Gasteiger partial charge is 0.347 e. The van der Waals surface area contributed by atoms with Crippen molar-refractivity contribution in [2.75, 3.05) is 30.9 Å². The summed E-state index contributed by atoms with van der Waals surface area (Å²) < 4.78 is 0. The van der Waals surface area contributed by atoms with Gasteiger partial charge in [-0.15, -0.1) is 0 Å². The maximum absolute atomic E-state index is 12.5. The van der Waals surface area contributed by atoms with Gasteiger partial charge in [-0.1, -0.05) is 37.3 Å². The number of anilines is 2. The van der Waals surface area contributed by atoms with E-state index in [2.05, 4.69) is 34.3 Å². The van der Waals surface area contributed by atoms with Gasteiger partial charge in [0, 0.05) is 20.6 Å². The number of benzene rings is 1. The minimum absolute atomic E-state index is 0.113. The Kier molecular flexibility index (Phi) is 4.14. The predicted molar refractivity (Wildman–Crippen MR) is 90.4 cm³/mol. The molecule has 0 radical (unpaired) electrons. The van der Waals surface area contributed by atoms with Crippen LogP contribution in [0.3, 0.4) is 0 Å². The minimum Gasteiger partial charge on any atom is -0.347 e. The summed E-state index contributed by atoms with van der Waals surface area (Å²) in [5, 5.41) is 2.87. The van der Waals surface area contributed by atoms with Crippen molar-refractivity contribution >= 4 is 17.7 Å². The topological polar surface area (TPSA) is 61.4 Å². The van der Waals surface area contributed by atoms with Crippen molar-refractivity contribution < 1.29 is 4.79 Å². The Hall–Kier alpha value is -2.63. The maximum atomic E-state index is 12.5. The molecule has 1 aliphatic rings. The Labute approximate surface area is 136 Å². The van der Waals surface area contributed by atoms with Gasteiger partial charge in [0.15, 0.2) is 0 Å². The third-order valence-corrected chi connectivity index (χ3v) is 4.05. The zero-order valence-corrected chi connectivity index (χ0v) is 13.6. The molecule has 6 nitrogen and oxygen atoms in total. The number of carbonyl (C=O) groups is 1. The highest BCUT2D eigenvalue weighted by atomic mass is 16.2. The molecule has 0 spiro atoms. The number of carbonyl (C=O) groups excluding carboxylic acids is 1. The van der Waals surface area contributed by atoms with E-state index in [1.807, 2.05) is 42.1 Å². The molecule has 2 atom stereocenters. The van der Waals surface area contributed by atoms with Crippen LogP contribution in [0.2, 0.25) is 0 Å². The van der Waals surface area contributed by atoms with E-state index in [-0.39, 0.29) is 12.1 Å². The average Bonchev–Trinajstić information content (AvgIpc) is 2.54. The van der Waals surface area contributed by atoms with Gasteiger partial charge in [0.25, 0.3) is 0 Å². The molecule has 2 amide bonds. The van der Waals surface area contributed by atoms with Crippen LogP contribution in [0, 0.1) is 5.92 Å². The van der Waals surface area contributed by atoms with E-state index in [9.17, 15) is 4.79 Å². The molecule has 2 aromatic rings. The van der Waals surface area contributed by atoms with E-state index in [0.717, 1.165) is 6.54 Å². The first-order chi connectivity index (χ1) is 11.1. The normalized spacial score (nSPS) is 19.9. The van der Waals surface area contributed by atoms with Gasteiger partial charge in [0.05, 0.1) is 24.1 Å². The predicted octanol–water partition coefficient (Wildman–Crippen LogP) is 2.77. The van der Waals surface area contributed by atoms with E-state index in [1.54, 1.807) is 12.4 Å². The first-order valence-corrected chi connectivity index (χ1v) is 7.68. The average molecular weight is 311 g/mol. The van der Waals surface area contributed by atoms with Crippen LogP contribution in [0.15, 0.2) is 42.7 Å².